The molecule has 2 heterocycles. The number of anilines is 3. The summed E-state index contributed by atoms with van der Waals surface area (Å²) >= 11 is 0. The van der Waals surface area contributed by atoms with Crippen molar-refractivity contribution in [1.29, 1.82) is 0 Å². The van der Waals surface area contributed by atoms with Crippen molar-refractivity contribution in [2.24, 2.45) is 5.41 Å². The number of benzene rings is 3. The molecule has 0 aliphatic carbocycles. The number of hydrogen-bond donors (Lipinski definition) is 1. The number of pyridine rings is 1. The highest BCUT2D eigenvalue weighted by Gasteiger charge is 2.31. The summed E-state index contributed by atoms with van der Waals surface area (Å²) < 4.78 is 56.1. The van der Waals surface area contributed by atoms with Gasteiger partial charge in [0.2, 0.25) is 12.2 Å². The van der Waals surface area contributed by atoms with Crippen LogP contribution in [0.5, 0.6) is 5.75 Å². The third kappa shape index (κ3) is 9.58. The summed E-state index contributed by atoms with van der Waals surface area (Å²) in [4.78, 5) is 44.9. The second-order valence-corrected chi connectivity index (χ2v) is 15.9. The molecule has 0 aliphatic heterocycles. The molecule has 2 amide bonds. The molecule has 2 atom stereocenters. The first-order chi connectivity index (χ1) is 25.4. The molecule has 0 radical (unpaired) electrons. The van der Waals surface area contributed by atoms with Crippen LogP contribution in [0.4, 0.5) is 26.5 Å². The molecular weight excluding hydrogens is 718 g/mol. The molecule has 284 valence electrons. The van der Waals surface area contributed by atoms with E-state index >= 15 is 0 Å². The predicted octanol–water partition coefficient (Wildman–Crippen LogP) is 7.68. The Morgan fingerprint density at radius 3 is 2.22 bits per heavy atom. The quantitative estimate of drug-likeness (QED) is 0.0988. The van der Waals surface area contributed by atoms with E-state index in [9.17, 15) is 27.2 Å². The fourth-order valence-electron chi connectivity index (χ4n) is 5.37. The minimum absolute atomic E-state index is 0.0198. The average Bonchev–Trinajstić information content (AvgIpc) is 3.53. The molecule has 13 nitrogen and oxygen atoms in total. The fourth-order valence-corrected chi connectivity index (χ4v) is 6.01. The maximum atomic E-state index is 13.9. The number of nitrogens with one attached hydrogen (secondary N) is 1. The Hall–Kier alpha value is -5.83. The van der Waals surface area contributed by atoms with Crippen LogP contribution in [0.3, 0.4) is 0 Å². The van der Waals surface area contributed by atoms with Crippen molar-refractivity contribution in [3.63, 3.8) is 0 Å². The Morgan fingerprint density at radius 1 is 0.944 bits per heavy atom. The first kappa shape index (κ1) is 39.4. The van der Waals surface area contributed by atoms with Crippen LogP contribution in [0.15, 0.2) is 90.0 Å². The van der Waals surface area contributed by atoms with Crippen molar-refractivity contribution in [2.45, 2.75) is 64.6 Å². The lowest BCUT2D eigenvalue weighted by atomic mass is 9.92. The van der Waals surface area contributed by atoms with E-state index in [0.717, 1.165) is 22.3 Å². The van der Waals surface area contributed by atoms with Gasteiger partial charge >= 0.3 is 12.1 Å². The van der Waals surface area contributed by atoms with Gasteiger partial charge in [-0.2, -0.15) is 4.98 Å². The standard InChI is InChI=1S/C39H42FN5O8S/c1-8-35(52-34(46)22-39(3,4)5)53-38(48)45(31-19-18-30(54(7,49)50)21-32(31)51-6)37-42-33-20-13-27(23-44(33)43-37)26-11-16-29(17-12-26)41-36(47)24(2)25-9-14-28(40)15-10-25/h9-21,23-24,35H,8,22H2,1-7H3,(H,41,47). The molecule has 2 aromatic heterocycles. The van der Waals surface area contributed by atoms with Gasteiger partial charge in [0.1, 0.15) is 11.6 Å². The Labute approximate surface area is 313 Å². The molecule has 5 rings (SSSR count). The smallest absolute Gasteiger partial charge is 0.424 e. The Balaban J connectivity index is 1.44. The molecule has 0 aliphatic rings. The number of nitrogens with zero attached hydrogens (tertiary/aromatic N) is 4. The van der Waals surface area contributed by atoms with Crippen LogP contribution in [0, 0.1) is 11.2 Å². The number of carbonyl (C=O) groups excluding carboxylic acids is 3. The van der Waals surface area contributed by atoms with Gasteiger partial charge in [-0.15, -0.1) is 5.10 Å². The van der Waals surface area contributed by atoms with Crippen LogP contribution < -0.4 is 15.0 Å². The summed E-state index contributed by atoms with van der Waals surface area (Å²) in [5.74, 6) is -1.78. The van der Waals surface area contributed by atoms with E-state index in [1.165, 1.54) is 42.0 Å². The molecule has 54 heavy (non-hydrogen) atoms. The van der Waals surface area contributed by atoms with Crippen LogP contribution in [0.2, 0.25) is 0 Å². The van der Waals surface area contributed by atoms with Crippen molar-refractivity contribution in [3.05, 3.63) is 96.4 Å². The van der Waals surface area contributed by atoms with E-state index < -0.39 is 34.1 Å². The van der Waals surface area contributed by atoms with Crippen LogP contribution in [0.25, 0.3) is 16.8 Å². The average molecular weight is 760 g/mol. The third-order valence-corrected chi connectivity index (χ3v) is 9.39. The Morgan fingerprint density at radius 2 is 1.61 bits per heavy atom. The number of rotatable bonds is 12. The molecule has 3 aromatic carbocycles. The second kappa shape index (κ2) is 16.0. The number of halogens is 1. The highest BCUT2D eigenvalue weighted by Crippen LogP contribution is 2.36. The zero-order valence-electron chi connectivity index (χ0n) is 31.0. The van der Waals surface area contributed by atoms with Gasteiger partial charge < -0.3 is 19.5 Å². The van der Waals surface area contributed by atoms with Gasteiger partial charge in [-0.3, -0.25) is 9.59 Å². The van der Waals surface area contributed by atoms with Crippen molar-refractivity contribution >= 4 is 50.8 Å². The normalized spacial score (nSPS) is 12.8. The second-order valence-electron chi connectivity index (χ2n) is 13.9. The number of aromatic nitrogens is 3. The van der Waals surface area contributed by atoms with Crippen LogP contribution in [-0.2, 0) is 28.9 Å². The van der Waals surface area contributed by atoms with Gasteiger partial charge in [-0.25, -0.2) is 27.0 Å². The minimum Gasteiger partial charge on any atom is -0.495 e. The van der Waals surface area contributed by atoms with Crippen molar-refractivity contribution in [3.8, 4) is 16.9 Å². The molecule has 5 aromatic rings. The predicted molar refractivity (Wildman–Crippen MR) is 201 cm³/mol. The first-order valence-electron chi connectivity index (χ1n) is 17.1. The monoisotopic (exact) mass is 759 g/mol. The lowest BCUT2D eigenvalue weighted by Gasteiger charge is -2.25. The van der Waals surface area contributed by atoms with Crippen molar-refractivity contribution < 1.29 is 41.4 Å². The van der Waals surface area contributed by atoms with Crippen molar-refractivity contribution in [2.75, 3.05) is 23.6 Å². The lowest BCUT2D eigenvalue weighted by Crippen LogP contribution is -2.34. The maximum absolute atomic E-state index is 13.9. The summed E-state index contributed by atoms with van der Waals surface area (Å²) in [6.07, 6.45) is 0.754. The summed E-state index contributed by atoms with van der Waals surface area (Å²) in [6.45, 7) is 9.07. The highest BCUT2D eigenvalue weighted by atomic mass is 32.2. The summed E-state index contributed by atoms with van der Waals surface area (Å²) in [7, 11) is -2.31. The molecule has 0 fully saturated rings. The van der Waals surface area contributed by atoms with E-state index in [-0.39, 0.29) is 52.3 Å². The van der Waals surface area contributed by atoms with E-state index in [4.69, 9.17) is 14.2 Å². The van der Waals surface area contributed by atoms with Crippen LogP contribution >= 0.6 is 0 Å². The molecule has 1 N–H and O–H groups in total. The lowest BCUT2D eigenvalue weighted by molar-refractivity contribution is -0.169. The van der Waals surface area contributed by atoms with Gasteiger partial charge in [-0.05, 0) is 72.0 Å². The molecular formula is C39H42FN5O8S. The zero-order valence-corrected chi connectivity index (χ0v) is 31.8. The van der Waals surface area contributed by atoms with E-state index in [2.05, 4.69) is 15.4 Å². The van der Waals surface area contributed by atoms with Crippen molar-refractivity contribution in [1.82, 2.24) is 14.6 Å². The number of esters is 1. The highest BCUT2D eigenvalue weighted by molar-refractivity contribution is 7.90. The fraction of sp³-hybridized carbons (Fsp3) is 0.308. The largest absolute Gasteiger partial charge is 0.495 e. The molecule has 15 heteroatoms. The summed E-state index contributed by atoms with van der Waals surface area (Å²) in [5, 5.41) is 7.45. The van der Waals surface area contributed by atoms with Gasteiger partial charge in [0.25, 0.3) is 5.95 Å². The van der Waals surface area contributed by atoms with Gasteiger partial charge in [0, 0.05) is 36.2 Å². The molecule has 0 spiro atoms. The maximum Gasteiger partial charge on any atom is 0.424 e. The van der Waals surface area contributed by atoms with E-state index in [0.29, 0.717) is 16.9 Å². The Bertz CT molecular complexity index is 2270. The topological polar surface area (TPSA) is 158 Å². The van der Waals surface area contributed by atoms with Crippen LogP contribution in [0.1, 0.15) is 58.9 Å². The van der Waals surface area contributed by atoms with E-state index in [1.807, 2.05) is 39.0 Å². The number of carbonyl (C=O) groups is 3. The molecule has 2 unspecified atom stereocenters. The van der Waals surface area contributed by atoms with Crippen LogP contribution in [-0.4, -0.2) is 60.6 Å². The molecule has 0 saturated carbocycles. The number of sulfone groups is 1. The zero-order chi connectivity index (χ0) is 39.4. The first-order valence-corrected chi connectivity index (χ1v) is 19.0. The number of ether oxygens (including phenoxy) is 3. The van der Waals surface area contributed by atoms with Gasteiger partial charge in [-0.1, -0.05) is 52.0 Å². The number of hydrogen-bond acceptors (Lipinski definition) is 10. The molecule has 0 saturated heterocycles. The SMILES string of the molecule is CCC(OC(=O)CC(C)(C)C)OC(=O)N(c1nc2ccc(-c3ccc(NC(=O)C(C)c4ccc(F)cc4)cc3)cn2n1)c1ccc(S(C)(=O)=O)cc1OC. The number of fused-ring (bicyclic) bond motifs is 1. The third-order valence-electron chi connectivity index (χ3n) is 8.27. The van der Waals surface area contributed by atoms with Gasteiger partial charge in [0.05, 0.1) is 30.0 Å². The summed E-state index contributed by atoms with van der Waals surface area (Å²) in [5.41, 5.74) is 2.86. The molecule has 0 bridgehead atoms. The Kier molecular flexibility index (Phi) is 11.7. The van der Waals surface area contributed by atoms with Gasteiger partial charge in [0.15, 0.2) is 15.5 Å². The van der Waals surface area contributed by atoms with E-state index in [1.54, 1.807) is 50.4 Å². The number of methoxy groups -OCH3 is 1. The number of amides is 2. The summed E-state index contributed by atoms with van der Waals surface area (Å²) in [6, 6.07) is 20.4. The minimum atomic E-state index is -3.63.